The van der Waals surface area contributed by atoms with Gasteiger partial charge in [0.2, 0.25) is 6.79 Å². The maximum Gasteiger partial charge on any atom is 0.231 e. The minimum Gasteiger partial charge on any atom is -0.454 e. The number of ether oxygens (including phenoxy) is 2. The van der Waals surface area contributed by atoms with Gasteiger partial charge in [-0.15, -0.1) is 24.0 Å². The van der Waals surface area contributed by atoms with Gasteiger partial charge in [-0.2, -0.15) is 0 Å². The Labute approximate surface area is 184 Å². The molecule has 0 radical (unpaired) electrons. The fourth-order valence-electron chi connectivity index (χ4n) is 3.02. The smallest absolute Gasteiger partial charge is 0.231 e. The van der Waals surface area contributed by atoms with Gasteiger partial charge in [-0.1, -0.05) is 36.4 Å². The highest BCUT2D eigenvalue weighted by molar-refractivity contribution is 14.0. The van der Waals surface area contributed by atoms with Crippen molar-refractivity contribution in [1.29, 1.82) is 0 Å². The van der Waals surface area contributed by atoms with Gasteiger partial charge in [0.1, 0.15) is 0 Å². The minimum absolute atomic E-state index is 0. The van der Waals surface area contributed by atoms with E-state index in [1.54, 1.807) is 0 Å². The molecule has 0 saturated carbocycles. The highest BCUT2D eigenvalue weighted by atomic mass is 127. The fraction of sp³-hybridized carbons (Fsp3) is 0.381. The molecule has 0 saturated heterocycles. The highest BCUT2D eigenvalue weighted by Crippen LogP contribution is 2.32. The van der Waals surface area contributed by atoms with Gasteiger partial charge in [-0.05, 0) is 44.3 Å². The normalized spacial score (nSPS) is 13.8. The average molecular weight is 496 g/mol. The summed E-state index contributed by atoms with van der Waals surface area (Å²) in [5.74, 6) is 2.39. The molecule has 2 aromatic rings. The summed E-state index contributed by atoms with van der Waals surface area (Å²) in [4.78, 5) is 6.93. The average Bonchev–Trinajstić information content (AvgIpc) is 3.14. The lowest BCUT2D eigenvalue weighted by Gasteiger charge is -2.26. The van der Waals surface area contributed by atoms with E-state index in [0.29, 0.717) is 6.54 Å². The number of hydrogen-bond acceptors (Lipinski definition) is 4. The summed E-state index contributed by atoms with van der Waals surface area (Å²) >= 11 is 0. The van der Waals surface area contributed by atoms with Crippen molar-refractivity contribution >= 4 is 29.9 Å². The summed E-state index contributed by atoms with van der Waals surface area (Å²) in [6.45, 7) is 4.51. The maximum absolute atomic E-state index is 5.44. The van der Waals surface area contributed by atoms with Crippen molar-refractivity contribution in [3.63, 3.8) is 0 Å². The van der Waals surface area contributed by atoms with Crippen LogP contribution in [-0.4, -0.2) is 44.8 Å². The second-order valence-corrected chi connectivity index (χ2v) is 6.65. The summed E-state index contributed by atoms with van der Waals surface area (Å²) in [5.41, 5.74) is 2.37. The van der Waals surface area contributed by atoms with Gasteiger partial charge in [0.25, 0.3) is 0 Å². The Morgan fingerprint density at radius 1 is 1.07 bits per heavy atom. The van der Waals surface area contributed by atoms with Gasteiger partial charge in [0.05, 0.1) is 12.6 Å². The van der Waals surface area contributed by atoms with Crippen LogP contribution in [0.4, 0.5) is 0 Å². The van der Waals surface area contributed by atoms with E-state index in [2.05, 4.69) is 60.8 Å². The summed E-state index contributed by atoms with van der Waals surface area (Å²) in [7, 11) is 4.19. The highest BCUT2D eigenvalue weighted by Gasteiger charge is 2.15. The topological polar surface area (TPSA) is 58.1 Å². The summed E-state index contributed by atoms with van der Waals surface area (Å²) in [6.07, 6.45) is 0. The Hall–Kier alpha value is -2.00. The zero-order valence-corrected chi connectivity index (χ0v) is 19.0. The van der Waals surface area contributed by atoms with E-state index in [0.717, 1.165) is 36.1 Å². The molecule has 1 unspecified atom stereocenters. The molecule has 28 heavy (non-hydrogen) atoms. The van der Waals surface area contributed by atoms with Gasteiger partial charge >= 0.3 is 0 Å². The van der Waals surface area contributed by atoms with E-state index in [4.69, 9.17) is 14.5 Å². The first-order valence-corrected chi connectivity index (χ1v) is 9.29. The zero-order chi connectivity index (χ0) is 19.1. The quantitative estimate of drug-likeness (QED) is 0.350. The molecule has 0 bridgehead atoms. The van der Waals surface area contributed by atoms with Crippen LogP contribution >= 0.6 is 24.0 Å². The largest absolute Gasteiger partial charge is 0.454 e. The van der Waals surface area contributed by atoms with Crippen molar-refractivity contribution in [2.24, 2.45) is 4.99 Å². The molecular formula is C21H29IN4O2. The lowest BCUT2D eigenvalue weighted by atomic mass is 10.1. The molecule has 0 amide bonds. The van der Waals surface area contributed by atoms with E-state index in [9.17, 15) is 0 Å². The van der Waals surface area contributed by atoms with Crippen molar-refractivity contribution in [3.8, 4) is 11.5 Å². The Kier molecular flexibility index (Phi) is 8.85. The Morgan fingerprint density at radius 2 is 1.82 bits per heavy atom. The number of rotatable bonds is 7. The lowest BCUT2D eigenvalue weighted by Crippen LogP contribution is -2.41. The summed E-state index contributed by atoms with van der Waals surface area (Å²) in [5, 5.41) is 6.78. The number of halogens is 1. The van der Waals surface area contributed by atoms with Crippen LogP contribution in [0.25, 0.3) is 0 Å². The molecule has 6 nitrogen and oxygen atoms in total. The van der Waals surface area contributed by atoms with Crippen molar-refractivity contribution in [2.45, 2.75) is 19.5 Å². The maximum atomic E-state index is 5.44. The van der Waals surface area contributed by atoms with E-state index >= 15 is 0 Å². The SMILES string of the molecule is CCNC(=NCc1ccc2c(c1)OCO2)NCC(c1ccccc1)N(C)C.I. The van der Waals surface area contributed by atoms with Crippen molar-refractivity contribution < 1.29 is 9.47 Å². The standard InChI is InChI=1S/C21H28N4O2.HI/c1-4-22-21(23-13-16-10-11-19-20(12-16)27-15-26-19)24-14-18(25(2)3)17-8-6-5-7-9-17;/h5-12,18H,4,13-15H2,1-3H3,(H2,22,23,24);1H. The predicted octanol–water partition coefficient (Wildman–Crippen LogP) is 3.39. The van der Waals surface area contributed by atoms with Crippen LogP contribution in [0, 0.1) is 0 Å². The number of fused-ring (bicyclic) bond motifs is 1. The van der Waals surface area contributed by atoms with Crippen LogP contribution in [-0.2, 0) is 6.54 Å². The number of aliphatic imine (C=N–C) groups is 1. The molecule has 1 aliphatic rings. The van der Waals surface area contributed by atoms with E-state index in [1.165, 1.54) is 5.56 Å². The number of likely N-dealkylation sites (N-methyl/N-ethyl adjacent to an activating group) is 1. The van der Waals surface area contributed by atoms with Crippen molar-refractivity contribution in [2.75, 3.05) is 34.0 Å². The lowest BCUT2D eigenvalue weighted by molar-refractivity contribution is 0.174. The molecule has 1 aliphatic heterocycles. The second kappa shape index (κ2) is 11.1. The third-order valence-corrected chi connectivity index (χ3v) is 4.47. The number of nitrogens with zero attached hydrogens (tertiary/aromatic N) is 2. The van der Waals surface area contributed by atoms with E-state index in [1.807, 2.05) is 24.3 Å². The molecule has 1 heterocycles. The molecule has 2 N–H and O–H groups in total. The van der Waals surface area contributed by atoms with Gasteiger partial charge in [-0.25, -0.2) is 4.99 Å². The molecule has 0 aliphatic carbocycles. The van der Waals surface area contributed by atoms with Crippen LogP contribution in [0.15, 0.2) is 53.5 Å². The first-order chi connectivity index (χ1) is 13.2. The monoisotopic (exact) mass is 496 g/mol. The van der Waals surface area contributed by atoms with Gasteiger partial charge in [-0.3, -0.25) is 0 Å². The number of nitrogens with one attached hydrogen (secondary N) is 2. The van der Waals surface area contributed by atoms with Crippen LogP contribution in [0.2, 0.25) is 0 Å². The third kappa shape index (κ3) is 6.00. The molecule has 1 atom stereocenters. The van der Waals surface area contributed by atoms with E-state index < -0.39 is 0 Å². The Balaban J connectivity index is 0.00000280. The van der Waals surface area contributed by atoms with E-state index in [-0.39, 0.29) is 36.8 Å². The van der Waals surface area contributed by atoms with Crippen molar-refractivity contribution in [1.82, 2.24) is 15.5 Å². The number of benzene rings is 2. The summed E-state index contributed by atoms with van der Waals surface area (Å²) < 4.78 is 10.8. The number of hydrogen-bond donors (Lipinski definition) is 2. The molecule has 3 rings (SSSR count). The molecule has 7 heteroatoms. The van der Waals surface area contributed by atoms with Crippen LogP contribution < -0.4 is 20.1 Å². The van der Waals surface area contributed by atoms with Crippen LogP contribution in [0.3, 0.4) is 0 Å². The fourth-order valence-corrected chi connectivity index (χ4v) is 3.02. The molecule has 0 fully saturated rings. The Bertz CT molecular complexity index is 768. The van der Waals surface area contributed by atoms with Gasteiger partial charge < -0.3 is 25.0 Å². The van der Waals surface area contributed by atoms with Gasteiger partial charge in [0, 0.05) is 13.1 Å². The van der Waals surface area contributed by atoms with Crippen LogP contribution in [0.5, 0.6) is 11.5 Å². The third-order valence-electron chi connectivity index (χ3n) is 4.47. The molecule has 2 aromatic carbocycles. The first-order valence-electron chi connectivity index (χ1n) is 9.29. The zero-order valence-electron chi connectivity index (χ0n) is 16.6. The Morgan fingerprint density at radius 3 is 2.54 bits per heavy atom. The van der Waals surface area contributed by atoms with Gasteiger partial charge in [0.15, 0.2) is 17.5 Å². The summed E-state index contributed by atoms with van der Waals surface area (Å²) in [6, 6.07) is 16.7. The molecular weight excluding hydrogens is 467 g/mol. The number of guanidine groups is 1. The van der Waals surface area contributed by atoms with Crippen molar-refractivity contribution in [3.05, 3.63) is 59.7 Å². The first kappa shape index (κ1) is 22.3. The second-order valence-electron chi connectivity index (χ2n) is 6.65. The molecule has 0 spiro atoms. The predicted molar refractivity (Wildman–Crippen MR) is 124 cm³/mol. The minimum atomic E-state index is 0. The molecule has 152 valence electrons. The molecule has 0 aromatic heterocycles. The van der Waals surface area contributed by atoms with Crippen LogP contribution in [0.1, 0.15) is 24.1 Å².